The zero-order valence-electron chi connectivity index (χ0n) is 17.1. The fraction of sp³-hybridized carbons (Fsp3) is 0.524. The molecule has 0 unspecified atom stereocenters. The minimum atomic E-state index is 0. The molecule has 154 valence electrons. The molecule has 0 bridgehead atoms. The molecule has 0 atom stereocenters. The van der Waals surface area contributed by atoms with Crippen molar-refractivity contribution in [2.45, 2.75) is 32.2 Å². The van der Waals surface area contributed by atoms with E-state index in [1.165, 1.54) is 19.3 Å². The third kappa shape index (κ3) is 5.70. The van der Waals surface area contributed by atoms with E-state index in [0.717, 1.165) is 42.6 Å². The lowest BCUT2D eigenvalue weighted by molar-refractivity contribution is 0.0727. The zero-order chi connectivity index (χ0) is 19.1. The molecule has 28 heavy (non-hydrogen) atoms. The van der Waals surface area contributed by atoms with Crippen molar-refractivity contribution in [3.63, 3.8) is 0 Å². The van der Waals surface area contributed by atoms with Crippen molar-refractivity contribution in [1.82, 2.24) is 20.2 Å². The second-order valence-electron chi connectivity index (χ2n) is 7.46. The Labute approximate surface area is 185 Å². The number of aromatic amines is 1. The van der Waals surface area contributed by atoms with Gasteiger partial charge >= 0.3 is 0 Å². The van der Waals surface area contributed by atoms with Gasteiger partial charge in [0.2, 0.25) is 0 Å². The maximum atomic E-state index is 5.29. The van der Waals surface area contributed by atoms with Crippen molar-refractivity contribution < 1.29 is 4.74 Å². The van der Waals surface area contributed by atoms with Crippen molar-refractivity contribution in [2.75, 3.05) is 34.4 Å². The molecule has 3 rings (SSSR count). The van der Waals surface area contributed by atoms with E-state index in [0.29, 0.717) is 12.0 Å². The fourth-order valence-electron chi connectivity index (χ4n) is 3.67. The second-order valence-corrected chi connectivity index (χ2v) is 7.46. The van der Waals surface area contributed by atoms with Crippen LogP contribution in [0.3, 0.4) is 0 Å². The summed E-state index contributed by atoms with van der Waals surface area (Å²) in [5, 5.41) is 3.56. The van der Waals surface area contributed by atoms with Crippen molar-refractivity contribution in [3.8, 4) is 11.3 Å². The summed E-state index contributed by atoms with van der Waals surface area (Å²) in [6.45, 7) is 2.45. The van der Waals surface area contributed by atoms with Gasteiger partial charge in [0.25, 0.3) is 0 Å². The molecule has 1 aliphatic rings. The lowest BCUT2D eigenvalue weighted by Crippen LogP contribution is -2.47. The Morgan fingerprint density at radius 2 is 2.07 bits per heavy atom. The monoisotopic (exact) mass is 497 g/mol. The molecule has 1 aliphatic carbocycles. The number of rotatable bonds is 8. The largest absolute Gasteiger partial charge is 0.385 e. The lowest BCUT2D eigenvalue weighted by atomic mass is 9.67. The molecular formula is C21H32IN5O. The molecule has 1 aromatic heterocycles. The first-order valence-corrected chi connectivity index (χ1v) is 9.66. The summed E-state index contributed by atoms with van der Waals surface area (Å²) >= 11 is 0. The Morgan fingerprint density at radius 1 is 1.32 bits per heavy atom. The highest BCUT2D eigenvalue weighted by molar-refractivity contribution is 14.0. The number of guanidine groups is 1. The first-order chi connectivity index (χ1) is 13.2. The highest BCUT2D eigenvalue weighted by Crippen LogP contribution is 2.43. The molecule has 0 radical (unpaired) electrons. The maximum absolute atomic E-state index is 5.29. The normalized spacial score (nSPS) is 15.5. The summed E-state index contributed by atoms with van der Waals surface area (Å²) < 4.78 is 5.29. The average Bonchev–Trinajstić information content (AvgIpc) is 3.12. The molecule has 1 aromatic carbocycles. The van der Waals surface area contributed by atoms with Gasteiger partial charge in [-0.15, -0.1) is 24.0 Å². The SMILES string of the molecule is CN=C(NCC1(CCOC)CCC1)N(C)Cc1ncc(-c2ccccc2)[nH]1.I. The smallest absolute Gasteiger partial charge is 0.193 e. The predicted molar refractivity (Wildman–Crippen MR) is 125 cm³/mol. The quantitative estimate of drug-likeness (QED) is 0.330. The number of benzene rings is 1. The van der Waals surface area contributed by atoms with E-state index < -0.39 is 0 Å². The molecule has 2 aromatic rings. The second kappa shape index (κ2) is 10.8. The minimum absolute atomic E-state index is 0. The van der Waals surface area contributed by atoms with Gasteiger partial charge in [0.1, 0.15) is 5.82 Å². The maximum Gasteiger partial charge on any atom is 0.193 e. The third-order valence-electron chi connectivity index (χ3n) is 5.55. The van der Waals surface area contributed by atoms with Gasteiger partial charge < -0.3 is 19.9 Å². The predicted octanol–water partition coefficient (Wildman–Crippen LogP) is 3.91. The van der Waals surface area contributed by atoms with Crippen molar-refractivity contribution in [1.29, 1.82) is 0 Å². The number of nitrogens with zero attached hydrogens (tertiary/aromatic N) is 3. The van der Waals surface area contributed by atoms with Crippen LogP contribution in [0.15, 0.2) is 41.5 Å². The number of hydrogen-bond acceptors (Lipinski definition) is 3. The molecule has 6 nitrogen and oxygen atoms in total. The Balaban J connectivity index is 0.00000280. The molecule has 2 N–H and O–H groups in total. The number of hydrogen-bond donors (Lipinski definition) is 2. The summed E-state index contributed by atoms with van der Waals surface area (Å²) in [7, 11) is 5.65. The van der Waals surface area contributed by atoms with Crippen LogP contribution in [0.25, 0.3) is 11.3 Å². The number of imidazole rings is 1. The summed E-state index contributed by atoms with van der Waals surface area (Å²) in [6.07, 6.45) is 6.85. The summed E-state index contributed by atoms with van der Waals surface area (Å²) in [5.74, 6) is 1.83. The number of aliphatic imine (C=N–C) groups is 1. The zero-order valence-corrected chi connectivity index (χ0v) is 19.4. The summed E-state index contributed by atoms with van der Waals surface area (Å²) in [4.78, 5) is 14.5. The van der Waals surface area contributed by atoms with Gasteiger partial charge in [-0.1, -0.05) is 36.8 Å². The van der Waals surface area contributed by atoms with Crippen LogP contribution in [0, 0.1) is 5.41 Å². The number of ether oxygens (including phenoxy) is 1. The van der Waals surface area contributed by atoms with E-state index in [-0.39, 0.29) is 24.0 Å². The molecule has 0 aliphatic heterocycles. The highest BCUT2D eigenvalue weighted by atomic mass is 127. The van der Waals surface area contributed by atoms with Gasteiger partial charge in [-0.2, -0.15) is 0 Å². The van der Waals surface area contributed by atoms with Crippen LogP contribution in [0.2, 0.25) is 0 Å². The van der Waals surface area contributed by atoms with Crippen LogP contribution in [0.4, 0.5) is 0 Å². The van der Waals surface area contributed by atoms with Gasteiger partial charge in [-0.25, -0.2) is 4.98 Å². The van der Waals surface area contributed by atoms with Gasteiger partial charge in [0.15, 0.2) is 5.96 Å². The molecule has 0 saturated heterocycles. The number of halogens is 1. The summed E-state index contributed by atoms with van der Waals surface area (Å²) in [5.41, 5.74) is 2.54. The number of aromatic nitrogens is 2. The van der Waals surface area contributed by atoms with Crippen molar-refractivity contribution in [2.24, 2.45) is 10.4 Å². The topological polar surface area (TPSA) is 65.5 Å². The number of H-pyrrole nitrogens is 1. The Hall–Kier alpha value is -1.61. The fourth-order valence-corrected chi connectivity index (χ4v) is 3.67. The standard InChI is InChI=1S/C21H31N5O.HI/c1-22-20(24-16-21(10-7-11-21)12-13-27-3)26(2)15-19-23-14-18(25-19)17-8-5-4-6-9-17;/h4-6,8-9,14H,7,10-13,15-16H2,1-3H3,(H,22,24)(H,23,25);1H. The van der Waals surface area contributed by atoms with Crippen LogP contribution >= 0.6 is 24.0 Å². The third-order valence-corrected chi connectivity index (χ3v) is 5.55. The Kier molecular flexibility index (Phi) is 8.75. The van der Waals surface area contributed by atoms with Crippen LogP contribution in [0.5, 0.6) is 0 Å². The van der Waals surface area contributed by atoms with Crippen LogP contribution < -0.4 is 5.32 Å². The number of nitrogens with one attached hydrogen (secondary N) is 2. The molecule has 0 amide bonds. The van der Waals surface area contributed by atoms with Gasteiger partial charge in [-0.3, -0.25) is 4.99 Å². The van der Waals surface area contributed by atoms with E-state index in [1.807, 2.05) is 38.5 Å². The first kappa shape index (κ1) is 22.7. The summed E-state index contributed by atoms with van der Waals surface area (Å²) in [6, 6.07) is 10.3. The molecular weight excluding hydrogens is 465 g/mol. The van der Waals surface area contributed by atoms with Gasteiger partial charge in [0.05, 0.1) is 18.4 Å². The molecule has 7 heteroatoms. The average molecular weight is 497 g/mol. The highest BCUT2D eigenvalue weighted by Gasteiger charge is 2.36. The van der Waals surface area contributed by atoms with E-state index in [4.69, 9.17) is 4.74 Å². The van der Waals surface area contributed by atoms with Crippen LogP contribution in [0.1, 0.15) is 31.5 Å². The molecule has 1 fully saturated rings. The van der Waals surface area contributed by atoms with Gasteiger partial charge in [-0.05, 0) is 30.2 Å². The van der Waals surface area contributed by atoms with Crippen LogP contribution in [-0.2, 0) is 11.3 Å². The Morgan fingerprint density at radius 3 is 2.68 bits per heavy atom. The van der Waals surface area contributed by atoms with Crippen LogP contribution in [-0.4, -0.2) is 55.2 Å². The Bertz CT molecular complexity index is 742. The first-order valence-electron chi connectivity index (χ1n) is 9.66. The number of methoxy groups -OCH3 is 1. The molecule has 1 heterocycles. The van der Waals surface area contributed by atoms with E-state index in [1.54, 1.807) is 7.11 Å². The lowest BCUT2D eigenvalue weighted by Gasteiger charge is -2.42. The minimum Gasteiger partial charge on any atom is -0.385 e. The van der Waals surface area contributed by atoms with E-state index in [2.05, 4.69) is 37.3 Å². The molecule has 1 saturated carbocycles. The van der Waals surface area contributed by atoms with Crippen molar-refractivity contribution in [3.05, 3.63) is 42.4 Å². The van der Waals surface area contributed by atoms with Gasteiger partial charge in [0, 0.05) is 34.4 Å². The van der Waals surface area contributed by atoms with E-state index in [9.17, 15) is 0 Å². The van der Waals surface area contributed by atoms with Crippen molar-refractivity contribution >= 4 is 29.9 Å². The van der Waals surface area contributed by atoms with E-state index >= 15 is 0 Å². The molecule has 0 spiro atoms.